The number of aromatic nitrogens is 2. The molecule has 0 saturated carbocycles. The molecule has 2 heterocycles. The lowest BCUT2D eigenvalue weighted by Gasteiger charge is -2.01. The number of H-pyrrole nitrogens is 1. The second kappa shape index (κ2) is 5.79. The Labute approximate surface area is 117 Å². The third-order valence-electron chi connectivity index (χ3n) is 3.30. The molecule has 1 aromatic carbocycles. The summed E-state index contributed by atoms with van der Waals surface area (Å²) >= 11 is 0. The van der Waals surface area contributed by atoms with Gasteiger partial charge in [0, 0.05) is 30.1 Å². The summed E-state index contributed by atoms with van der Waals surface area (Å²) in [5.41, 5.74) is 8.84. The number of nitrogens with two attached hydrogens (primary N) is 1. The van der Waals surface area contributed by atoms with Crippen molar-refractivity contribution in [3.05, 3.63) is 48.0 Å². The number of anilines is 1. The molecule has 0 spiro atoms. The summed E-state index contributed by atoms with van der Waals surface area (Å²) in [6.07, 6.45) is 5.37. The Bertz CT molecular complexity index is 686. The van der Waals surface area contributed by atoms with Crippen molar-refractivity contribution in [2.75, 3.05) is 18.4 Å². The first-order valence-electron chi connectivity index (χ1n) is 6.80. The Kier molecular flexibility index (Phi) is 3.69. The minimum absolute atomic E-state index is 0.563. The number of nitrogens with one attached hydrogen (secondary N) is 2. The number of benzene rings is 1. The fourth-order valence-corrected chi connectivity index (χ4v) is 2.29. The molecular formula is C15H18N4O. The molecule has 5 nitrogen and oxygen atoms in total. The lowest BCUT2D eigenvalue weighted by Crippen LogP contribution is -2.06. The van der Waals surface area contributed by atoms with Gasteiger partial charge >= 0.3 is 0 Å². The van der Waals surface area contributed by atoms with Gasteiger partial charge in [0.25, 0.3) is 6.01 Å². The van der Waals surface area contributed by atoms with Crippen molar-refractivity contribution in [1.29, 1.82) is 0 Å². The van der Waals surface area contributed by atoms with Crippen LogP contribution < -0.4 is 11.1 Å². The van der Waals surface area contributed by atoms with E-state index >= 15 is 0 Å². The standard InChI is InChI=1S/C15H18N4O/c16-7-5-12-10-20-15(19-12)17-8-6-11-9-18-14-4-2-1-3-13(11)14/h1-4,9-10,18H,5-8,16H2,(H,17,19). The van der Waals surface area contributed by atoms with Crippen LogP contribution >= 0.6 is 0 Å². The fourth-order valence-electron chi connectivity index (χ4n) is 2.29. The zero-order chi connectivity index (χ0) is 13.8. The first kappa shape index (κ1) is 12.7. The second-order valence-electron chi connectivity index (χ2n) is 4.72. The van der Waals surface area contributed by atoms with Crippen LogP contribution in [0, 0.1) is 0 Å². The maximum Gasteiger partial charge on any atom is 0.294 e. The summed E-state index contributed by atoms with van der Waals surface area (Å²) in [5, 5.41) is 4.46. The topological polar surface area (TPSA) is 79.9 Å². The highest BCUT2D eigenvalue weighted by atomic mass is 16.4. The summed E-state index contributed by atoms with van der Waals surface area (Å²) in [4.78, 5) is 7.59. The van der Waals surface area contributed by atoms with Crippen LogP contribution in [0.1, 0.15) is 11.3 Å². The van der Waals surface area contributed by atoms with Gasteiger partial charge in [0.05, 0.1) is 5.69 Å². The van der Waals surface area contributed by atoms with E-state index in [2.05, 4.69) is 39.7 Å². The molecule has 0 saturated heterocycles. The molecule has 0 aliphatic heterocycles. The largest absolute Gasteiger partial charge is 0.432 e. The van der Waals surface area contributed by atoms with Crippen LogP contribution in [0.15, 0.2) is 41.1 Å². The van der Waals surface area contributed by atoms with E-state index in [1.54, 1.807) is 6.26 Å². The Hall–Kier alpha value is -2.27. The maximum absolute atomic E-state index is 5.48. The number of nitrogens with zero attached hydrogens (tertiary/aromatic N) is 1. The van der Waals surface area contributed by atoms with Crippen molar-refractivity contribution in [2.45, 2.75) is 12.8 Å². The van der Waals surface area contributed by atoms with Crippen molar-refractivity contribution in [2.24, 2.45) is 5.73 Å². The van der Waals surface area contributed by atoms with Crippen LogP contribution in [0.2, 0.25) is 0 Å². The van der Waals surface area contributed by atoms with Gasteiger partial charge in [-0.1, -0.05) is 18.2 Å². The highest BCUT2D eigenvalue weighted by Gasteiger charge is 2.05. The predicted molar refractivity (Wildman–Crippen MR) is 79.8 cm³/mol. The van der Waals surface area contributed by atoms with Gasteiger partial charge in [-0.15, -0.1) is 0 Å². The van der Waals surface area contributed by atoms with Crippen molar-refractivity contribution in [3.8, 4) is 0 Å². The van der Waals surface area contributed by atoms with Gasteiger partial charge in [0.1, 0.15) is 6.26 Å². The van der Waals surface area contributed by atoms with Gasteiger partial charge in [-0.3, -0.25) is 0 Å². The Morgan fingerprint density at radius 3 is 3.05 bits per heavy atom. The van der Waals surface area contributed by atoms with E-state index in [1.165, 1.54) is 16.5 Å². The molecule has 0 aliphatic carbocycles. The molecule has 0 atom stereocenters. The number of hydrogen-bond donors (Lipinski definition) is 3. The molecule has 4 N–H and O–H groups in total. The number of oxazole rings is 1. The lowest BCUT2D eigenvalue weighted by atomic mass is 10.1. The summed E-state index contributed by atoms with van der Waals surface area (Å²) in [6.45, 7) is 1.37. The molecule has 0 amide bonds. The number of fused-ring (bicyclic) bond motifs is 1. The lowest BCUT2D eigenvalue weighted by molar-refractivity contribution is 0.569. The quantitative estimate of drug-likeness (QED) is 0.642. The van der Waals surface area contributed by atoms with E-state index in [9.17, 15) is 0 Å². The fraction of sp³-hybridized carbons (Fsp3) is 0.267. The van der Waals surface area contributed by atoms with Crippen molar-refractivity contribution >= 4 is 16.9 Å². The Balaban J connectivity index is 1.59. The number of hydrogen-bond acceptors (Lipinski definition) is 4. The highest BCUT2D eigenvalue weighted by molar-refractivity contribution is 5.83. The monoisotopic (exact) mass is 270 g/mol. The average Bonchev–Trinajstić information content (AvgIpc) is 3.07. The SMILES string of the molecule is NCCc1coc(NCCc2c[nH]c3ccccc23)n1. The molecule has 0 bridgehead atoms. The first-order chi connectivity index (χ1) is 9.86. The van der Waals surface area contributed by atoms with Gasteiger partial charge < -0.3 is 20.5 Å². The minimum atomic E-state index is 0.563. The van der Waals surface area contributed by atoms with Gasteiger partial charge in [-0.25, -0.2) is 0 Å². The Morgan fingerprint density at radius 2 is 2.15 bits per heavy atom. The van der Waals surface area contributed by atoms with E-state index in [0.29, 0.717) is 12.6 Å². The third kappa shape index (κ3) is 2.67. The van der Waals surface area contributed by atoms with Gasteiger partial charge in [0.2, 0.25) is 0 Å². The van der Waals surface area contributed by atoms with Crippen LogP contribution in [-0.4, -0.2) is 23.1 Å². The molecule has 104 valence electrons. The normalized spacial score (nSPS) is 11.1. The summed E-state index contributed by atoms with van der Waals surface area (Å²) in [5.74, 6) is 0. The van der Waals surface area contributed by atoms with E-state index in [1.807, 2.05) is 6.07 Å². The average molecular weight is 270 g/mol. The van der Waals surface area contributed by atoms with Crippen LogP contribution in [0.3, 0.4) is 0 Å². The highest BCUT2D eigenvalue weighted by Crippen LogP contribution is 2.18. The molecule has 3 rings (SSSR count). The number of para-hydroxylation sites is 1. The summed E-state index contributed by atoms with van der Waals surface area (Å²) < 4.78 is 5.34. The molecule has 0 aliphatic rings. The zero-order valence-corrected chi connectivity index (χ0v) is 11.2. The van der Waals surface area contributed by atoms with Crippen LogP contribution in [-0.2, 0) is 12.8 Å². The molecule has 5 heteroatoms. The summed E-state index contributed by atoms with van der Waals surface area (Å²) in [7, 11) is 0. The molecule has 20 heavy (non-hydrogen) atoms. The molecule has 0 radical (unpaired) electrons. The van der Waals surface area contributed by atoms with Gasteiger partial charge in [-0.05, 0) is 24.6 Å². The van der Waals surface area contributed by atoms with E-state index in [0.717, 1.165) is 25.1 Å². The van der Waals surface area contributed by atoms with E-state index in [-0.39, 0.29) is 0 Å². The predicted octanol–water partition coefficient (Wildman–Crippen LogP) is 2.31. The zero-order valence-electron chi connectivity index (χ0n) is 11.2. The molecule has 3 aromatic rings. The molecular weight excluding hydrogens is 252 g/mol. The minimum Gasteiger partial charge on any atom is -0.432 e. The molecule has 2 aromatic heterocycles. The maximum atomic E-state index is 5.48. The first-order valence-corrected chi connectivity index (χ1v) is 6.80. The smallest absolute Gasteiger partial charge is 0.294 e. The van der Waals surface area contributed by atoms with Crippen LogP contribution in [0.25, 0.3) is 10.9 Å². The Morgan fingerprint density at radius 1 is 1.25 bits per heavy atom. The van der Waals surface area contributed by atoms with Gasteiger partial charge in [0.15, 0.2) is 0 Å². The second-order valence-corrected chi connectivity index (χ2v) is 4.72. The van der Waals surface area contributed by atoms with E-state index < -0.39 is 0 Å². The number of rotatable bonds is 6. The van der Waals surface area contributed by atoms with Crippen LogP contribution in [0.4, 0.5) is 6.01 Å². The van der Waals surface area contributed by atoms with E-state index in [4.69, 9.17) is 10.2 Å². The van der Waals surface area contributed by atoms with Crippen LogP contribution in [0.5, 0.6) is 0 Å². The van der Waals surface area contributed by atoms with Crippen molar-refractivity contribution < 1.29 is 4.42 Å². The molecule has 0 unspecified atom stereocenters. The van der Waals surface area contributed by atoms with Gasteiger partial charge in [-0.2, -0.15) is 4.98 Å². The third-order valence-corrected chi connectivity index (χ3v) is 3.30. The van der Waals surface area contributed by atoms with Crippen molar-refractivity contribution in [1.82, 2.24) is 9.97 Å². The number of aromatic amines is 1. The molecule has 0 fully saturated rings. The summed E-state index contributed by atoms with van der Waals surface area (Å²) in [6, 6.07) is 8.87. The van der Waals surface area contributed by atoms with Crippen molar-refractivity contribution in [3.63, 3.8) is 0 Å².